The molecule has 2 rings (SSSR count). The van der Waals surface area contributed by atoms with E-state index in [0.717, 1.165) is 15.4 Å². The van der Waals surface area contributed by atoms with E-state index in [9.17, 15) is 38.7 Å². The minimum absolute atomic E-state index is 0.00825. The van der Waals surface area contributed by atoms with Crippen molar-refractivity contribution in [2.45, 2.75) is 242 Å². The minimum Gasteiger partial charge on any atom is -0.390 e. The Kier molecular flexibility index (Phi) is 32.2. The molecule has 0 aromatic carbocycles. The summed E-state index contributed by atoms with van der Waals surface area (Å²) in [5.41, 5.74) is 0.964. The predicted octanol–water partition coefficient (Wildman–Crippen LogP) is 4.11. The van der Waals surface area contributed by atoms with Crippen molar-refractivity contribution in [3.8, 4) is 0 Å². The number of carbonyl (C=O) groups is 11. The molecule has 24 nitrogen and oxygen atoms in total. The maximum absolute atomic E-state index is 15.4. The Morgan fingerprint density at radius 3 is 1.36 bits per heavy atom. The second-order valence-electron chi connectivity index (χ2n) is 27.9. The van der Waals surface area contributed by atoms with Crippen LogP contribution in [0.1, 0.15) is 168 Å². The molecule has 1 aromatic heterocycles. The van der Waals surface area contributed by atoms with Crippen LogP contribution < -0.4 is 21.3 Å². The van der Waals surface area contributed by atoms with Crippen molar-refractivity contribution in [1.29, 1.82) is 0 Å². The van der Waals surface area contributed by atoms with Gasteiger partial charge >= 0.3 is 0 Å². The van der Waals surface area contributed by atoms with Crippen LogP contribution in [0.2, 0.25) is 0 Å². The first-order valence-electron chi connectivity index (χ1n) is 32.8. The number of aryl methyl sites for hydroxylation is 1. The molecule has 11 amide bonds. The largest absolute Gasteiger partial charge is 0.390 e. The number of carbonyl (C=O) groups excluding carboxylic acids is 11. The normalized spacial score (nSPS) is 26.6. The zero-order chi connectivity index (χ0) is 70.0. The summed E-state index contributed by atoms with van der Waals surface area (Å²) >= 11 is 0. The standard InChI is InChI=1S/C67H116N12O12/c1-25-48-63(87)73(18)46(17)62(86)74(19)50(33-38(4)5)59(83)72-53(41(10)11)66(90)75(20)49(32-37(2)3)58(82)69-44(15)57(81)70-45(16)61(85)76(21)51(34-39(6)7)64(88)77(22)52(35-40(8)9)65(89)78(23)54(42(12)13)67(91)79(24)55(60(84)71-48)56(80)43(14)28-26-29-47-30-27-31-68-36-47/h27,30-31,36-46,48-56,80H,25-26,28-29,32-35H2,1-24H3,(H,69,82)(H,70,81)(H,71,84)(H,72,83)/t43-,44-,45+,46-,48-,49-,50+,51-,52-,53-,54-,55-,56-/m1/s1. The van der Waals surface area contributed by atoms with Crippen LogP contribution in [0.25, 0.3) is 0 Å². The van der Waals surface area contributed by atoms with Gasteiger partial charge in [-0.15, -0.1) is 0 Å². The molecule has 516 valence electrons. The Bertz CT molecular complexity index is 2620. The Balaban J connectivity index is 3.00. The number of nitrogens with zero attached hydrogens (tertiary/aromatic N) is 8. The van der Waals surface area contributed by atoms with Crippen molar-refractivity contribution < 1.29 is 57.8 Å². The van der Waals surface area contributed by atoms with Crippen LogP contribution >= 0.6 is 0 Å². The van der Waals surface area contributed by atoms with Crippen molar-refractivity contribution in [3.63, 3.8) is 0 Å². The van der Waals surface area contributed by atoms with Crippen molar-refractivity contribution in [2.75, 3.05) is 49.3 Å². The van der Waals surface area contributed by atoms with E-state index in [4.69, 9.17) is 0 Å². The molecular formula is C67H116N12O12. The maximum Gasteiger partial charge on any atom is 0.246 e. The lowest BCUT2D eigenvalue weighted by Crippen LogP contribution is -2.64. The van der Waals surface area contributed by atoms with Crippen LogP contribution in [0.5, 0.6) is 0 Å². The van der Waals surface area contributed by atoms with Gasteiger partial charge in [-0.3, -0.25) is 57.7 Å². The van der Waals surface area contributed by atoms with E-state index in [1.165, 1.54) is 94.6 Å². The van der Waals surface area contributed by atoms with E-state index in [0.29, 0.717) is 19.3 Å². The van der Waals surface area contributed by atoms with Crippen molar-refractivity contribution in [1.82, 2.24) is 60.6 Å². The third-order valence-electron chi connectivity index (χ3n) is 17.7. The van der Waals surface area contributed by atoms with E-state index >= 15 is 19.2 Å². The first-order chi connectivity index (χ1) is 42.2. The smallest absolute Gasteiger partial charge is 0.246 e. The number of nitrogens with one attached hydrogen (secondary N) is 4. The van der Waals surface area contributed by atoms with Gasteiger partial charge in [-0.2, -0.15) is 0 Å². The van der Waals surface area contributed by atoms with Gasteiger partial charge in [0, 0.05) is 61.7 Å². The zero-order valence-corrected chi connectivity index (χ0v) is 59.5. The first kappa shape index (κ1) is 80.4. The van der Waals surface area contributed by atoms with Gasteiger partial charge < -0.3 is 60.7 Å². The predicted molar refractivity (Wildman–Crippen MR) is 351 cm³/mol. The average molecular weight is 1280 g/mol. The lowest BCUT2D eigenvalue weighted by molar-refractivity contribution is -0.157. The van der Waals surface area contributed by atoms with E-state index in [2.05, 4.69) is 26.3 Å². The molecule has 0 saturated carbocycles. The summed E-state index contributed by atoms with van der Waals surface area (Å²) in [5, 5.41) is 23.5. The van der Waals surface area contributed by atoms with Gasteiger partial charge in [-0.1, -0.05) is 103 Å². The molecule has 0 radical (unpaired) electrons. The molecule has 24 heteroatoms. The highest BCUT2D eigenvalue weighted by atomic mass is 16.3. The zero-order valence-electron chi connectivity index (χ0n) is 59.5. The van der Waals surface area contributed by atoms with Crippen LogP contribution in [0.3, 0.4) is 0 Å². The summed E-state index contributed by atoms with van der Waals surface area (Å²) in [6.45, 7) is 29.7. The minimum atomic E-state index is -1.63. The van der Waals surface area contributed by atoms with Gasteiger partial charge in [0.2, 0.25) is 65.0 Å². The molecule has 0 unspecified atom stereocenters. The van der Waals surface area contributed by atoms with E-state index in [-0.39, 0.29) is 55.8 Å². The number of pyridine rings is 1. The van der Waals surface area contributed by atoms with Gasteiger partial charge in [-0.05, 0) is 125 Å². The number of hydrogen-bond donors (Lipinski definition) is 5. The highest BCUT2D eigenvalue weighted by Crippen LogP contribution is 2.26. The van der Waals surface area contributed by atoms with Gasteiger partial charge in [0.25, 0.3) is 0 Å². The molecule has 2 heterocycles. The number of likely N-dealkylation sites (N-methyl/N-ethyl adjacent to an activating group) is 7. The van der Waals surface area contributed by atoms with Crippen LogP contribution in [-0.2, 0) is 59.2 Å². The Labute approximate surface area is 543 Å². The second-order valence-corrected chi connectivity index (χ2v) is 27.9. The molecule has 1 saturated heterocycles. The van der Waals surface area contributed by atoms with Crippen LogP contribution in [0, 0.1) is 41.4 Å². The Morgan fingerprint density at radius 2 is 0.901 bits per heavy atom. The van der Waals surface area contributed by atoms with Gasteiger partial charge in [-0.25, -0.2) is 0 Å². The van der Waals surface area contributed by atoms with E-state index < -0.39 is 155 Å². The average Bonchev–Trinajstić information content (AvgIpc) is 0.883. The number of amides is 11. The van der Waals surface area contributed by atoms with Crippen molar-refractivity contribution >= 4 is 65.0 Å². The summed E-state index contributed by atoms with van der Waals surface area (Å²) in [5.74, 6) is -9.80. The Morgan fingerprint density at radius 1 is 0.462 bits per heavy atom. The Hall–Kier alpha value is -6.72. The fourth-order valence-corrected chi connectivity index (χ4v) is 11.8. The fraction of sp³-hybridized carbons (Fsp3) is 0.761. The molecule has 1 aromatic rings. The number of aliphatic hydroxyl groups is 1. The summed E-state index contributed by atoms with van der Waals surface area (Å²) in [7, 11) is 9.99. The van der Waals surface area contributed by atoms with E-state index in [1.54, 1.807) is 53.9 Å². The highest BCUT2D eigenvalue weighted by Gasteiger charge is 2.46. The van der Waals surface area contributed by atoms with E-state index in [1.807, 2.05) is 67.5 Å². The quantitative estimate of drug-likeness (QED) is 0.147. The SMILES string of the molecule is CC[C@H]1NC(=O)[C@@H]([C@H](O)[C@H](C)CCCc2cccnc2)N(C)C(=O)[C@@H](C(C)C)N(C)C(=O)[C@@H](CC(C)C)N(C)C(=O)[C@@H](CC(C)C)N(C)C(=O)[C@H](C)NC(=O)[C@@H](C)NC(=O)[C@@H](CC(C)C)N(C)C(=O)[C@@H](C(C)C)NC(=O)[C@H](CC(C)C)N(C)C(=O)[C@@H](C)N(C)C1=O. The first-order valence-corrected chi connectivity index (χ1v) is 32.8. The monoisotopic (exact) mass is 1280 g/mol. The maximum atomic E-state index is 15.4. The molecule has 0 aliphatic carbocycles. The van der Waals surface area contributed by atoms with Crippen molar-refractivity contribution in [3.05, 3.63) is 30.1 Å². The van der Waals surface area contributed by atoms with Gasteiger partial charge in [0.1, 0.15) is 66.5 Å². The number of rotatable bonds is 17. The summed E-state index contributed by atoms with van der Waals surface area (Å²) in [6.07, 6.45) is 4.08. The number of aliphatic hydroxyl groups excluding tert-OH is 1. The number of hydrogen-bond acceptors (Lipinski definition) is 13. The lowest BCUT2D eigenvalue weighted by atomic mass is 9.89. The summed E-state index contributed by atoms with van der Waals surface area (Å²) < 4.78 is 0. The molecule has 13 atom stereocenters. The molecule has 91 heavy (non-hydrogen) atoms. The molecular weight excluding hydrogens is 1160 g/mol. The molecule has 1 aliphatic rings. The van der Waals surface area contributed by atoms with Crippen LogP contribution in [0.4, 0.5) is 0 Å². The van der Waals surface area contributed by atoms with Gasteiger partial charge in [0.05, 0.1) is 6.10 Å². The third-order valence-corrected chi connectivity index (χ3v) is 17.7. The molecule has 5 N–H and O–H groups in total. The van der Waals surface area contributed by atoms with Crippen molar-refractivity contribution in [2.24, 2.45) is 41.4 Å². The topological polar surface area (TPSA) is 292 Å². The van der Waals surface area contributed by atoms with Crippen LogP contribution in [-0.4, -0.2) is 231 Å². The number of aromatic nitrogens is 1. The van der Waals surface area contributed by atoms with Gasteiger partial charge in [0.15, 0.2) is 0 Å². The summed E-state index contributed by atoms with van der Waals surface area (Å²) in [6, 6.07) is -9.95. The molecule has 0 spiro atoms. The third kappa shape index (κ3) is 22.2. The van der Waals surface area contributed by atoms with Crippen LogP contribution in [0.15, 0.2) is 24.5 Å². The lowest BCUT2D eigenvalue weighted by Gasteiger charge is -2.41. The molecule has 1 fully saturated rings. The second kappa shape index (κ2) is 36.5. The summed E-state index contributed by atoms with van der Waals surface area (Å²) in [4.78, 5) is 175. The molecule has 1 aliphatic heterocycles. The fourth-order valence-electron chi connectivity index (χ4n) is 11.8. The highest BCUT2D eigenvalue weighted by molar-refractivity contribution is 6.00. The molecule has 0 bridgehead atoms.